The lowest BCUT2D eigenvalue weighted by atomic mass is 10.1. The van der Waals surface area contributed by atoms with E-state index in [0.717, 1.165) is 5.56 Å². The predicted octanol–water partition coefficient (Wildman–Crippen LogP) is 3.60. The van der Waals surface area contributed by atoms with Crippen LogP contribution in [0.15, 0.2) is 55.1 Å². The number of hydrogen-bond acceptors (Lipinski definition) is 7. The molecule has 0 aromatic heterocycles. The van der Waals surface area contributed by atoms with Gasteiger partial charge in [-0.1, -0.05) is 18.2 Å². The standard InChI is InChI=1S/C23H24O7/c1-5-6-16-8-11-19(21(13-16)27-3)30-23(25)15-29-18-10-7-17(14-20(18)26-2)9-12-22(24)28-4/h5,7-14H,1,6,15H2,2-4H3/b12-9+. The Morgan fingerprint density at radius 2 is 1.63 bits per heavy atom. The molecule has 0 saturated heterocycles. The van der Waals surface area contributed by atoms with E-state index in [1.807, 2.05) is 6.07 Å². The highest BCUT2D eigenvalue weighted by molar-refractivity contribution is 5.87. The lowest BCUT2D eigenvalue weighted by Gasteiger charge is -2.13. The number of carbonyl (C=O) groups excluding carboxylic acids is 2. The van der Waals surface area contributed by atoms with E-state index < -0.39 is 11.9 Å². The molecule has 0 amide bonds. The molecule has 0 atom stereocenters. The van der Waals surface area contributed by atoms with E-state index in [2.05, 4.69) is 11.3 Å². The van der Waals surface area contributed by atoms with Crippen LogP contribution in [0.5, 0.6) is 23.0 Å². The molecular formula is C23H24O7. The summed E-state index contributed by atoms with van der Waals surface area (Å²) in [5, 5.41) is 0. The molecule has 0 bridgehead atoms. The van der Waals surface area contributed by atoms with Crippen molar-refractivity contribution in [3.05, 3.63) is 66.3 Å². The molecular weight excluding hydrogens is 388 g/mol. The fraction of sp³-hybridized carbons (Fsp3) is 0.217. The second-order valence-corrected chi connectivity index (χ2v) is 6.01. The molecule has 0 saturated carbocycles. The highest BCUT2D eigenvalue weighted by Gasteiger charge is 2.13. The third-order valence-electron chi connectivity index (χ3n) is 3.98. The maximum atomic E-state index is 12.2. The van der Waals surface area contributed by atoms with E-state index in [-0.39, 0.29) is 6.61 Å². The van der Waals surface area contributed by atoms with E-state index in [0.29, 0.717) is 35.0 Å². The van der Waals surface area contributed by atoms with Gasteiger partial charge in [0.15, 0.2) is 29.6 Å². The van der Waals surface area contributed by atoms with Crippen LogP contribution in [0.2, 0.25) is 0 Å². The summed E-state index contributed by atoms with van der Waals surface area (Å²) in [4.78, 5) is 23.4. The largest absolute Gasteiger partial charge is 0.493 e. The maximum absolute atomic E-state index is 12.2. The SMILES string of the molecule is C=CCc1ccc(OC(=O)COc2ccc(/C=C/C(=O)OC)cc2OC)c(OC)c1. The van der Waals surface area contributed by atoms with Crippen LogP contribution >= 0.6 is 0 Å². The average Bonchev–Trinajstić information content (AvgIpc) is 2.77. The molecule has 0 unspecified atom stereocenters. The second kappa shape index (κ2) is 11.3. The van der Waals surface area contributed by atoms with Gasteiger partial charge in [0.1, 0.15) is 0 Å². The molecule has 2 aromatic rings. The van der Waals surface area contributed by atoms with Crippen LogP contribution in [0.4, 0.5) is 0 Å². The minimum Gasteiger partial charge on any atom is -0.493 e. The number of allylic oxidation sites excluding steroid dienone is 1. The van der Waals surface area contributed by atoms with Crippen molar-refractivity contribution in [2.24, 2.45) is 0 Å². The van der Waals surface area contributed by atoms with Gasteiger partial charge in [-0.05, 0) is 47.9 Å². The molecule has 30 heavy (non-hydrogen) atoms. The van der Waals surface area contributed by atoms with E-state index >= 15 is 0 Å². The molecule has 2 aromatic carbocycles. The molecule has 7 heteroatoms. The number of ether oxygens (including phenoxy) is 5. The van der Waals surface area contributed by atoms with Crippen LogP contribution in [0.1, 0.15) is 11.1 Å². The van der Waals surface area contributed by atoms with Gasteiger partial charge in [-0.25, -0.2) is 9.59 Å². The Morgan fingerprint density at radius 1 is 0.933 bits per heavy atom. The Hall–Kier alpha value is -3.74. The Kier molecular flexibility index (Phi) is 8.50. The molecule has 0 radical (unpaired) electrons. The molecule has 0 aliphatic rings. The number of benzene rings is 2. The number of esters is 2. The van der Waals surface area contributed by atoms with Crippen LogP contribution in [-0.4, -0.2) is 39.9 Å². The third kappa shape index (κ3) is 6.41. The smallest absolute Gasteiger partial charge is 0.349 e. The van der Waals surface area contributed by atoms with Crippen LogP contribution in [0.3, 0.4) is 0 Å². The zero-order valence-electron chi connectivity index (χ0n) is 17.2. The van der Waals surface area contributed by atoms with Crippen molar-refractivity contribution in [1.82, 2.24) is 0 Å². The van der Waals surface area contributed by atoms with Crippen molar-refractivity contribution < 1.29 is 33.3 Å². The van der Waals surface area contributed by atoms with Gasteiger partial charge in [0.2, 0.25) is 0 Å². The van der Waals surface area contributed by atoms with Gasteiger partial charge in [-0.3, -0.25) is 0 Å². The van der Waals surface area contributed by atoms with E-state index in [9.17, 15) is 9.59 Å². The van der Waals surface area contributed by atoms with Crippen LogP contribution in [0.25, 0.3) is 6.08 Å². The van der Waals surface area contributed by atoms with E-state index in [1.54, 1.807) is 42.5 Å². The average molecular weight is 412 g/mol. The minimum absolute atomic E-state index is 0.300. The topological polar surface area (TPSA) is 80.3 Å². The summed E-state index contributed by atoms with van der Waals surface area (Å²) >= 11 is 0. The Morgan fingerprint density at radius 3 is 2.30 bits per heavy atom. The lowest BCUT2D eigenvalue weighted by Crippen LogP contribution is -2.18. The van der Waals surface area contributed by atoms with Gasteiger partial charge in [-0.2, -0.15) is 0 Å². The van der Waals surface area contributed by atoms with Gasteiger partial charge in [0.05, 0.1) is 21.3 Å². The van der Waals surface area contributed by atoms with Crippen molar-refractivity contribution in [2.75, 3.05) is 27.9 Å². The Bertz CT molecular complexity index is 931. The fourth-order valence-electron chi connectivity index (χ4n) is 2.52. The molecule has 0 heterocycles. The molecule has 0 N–H and O–H groups in total. The molecule has 0 aliphatic carbocycles. The van der Waals surface area contributed by atoms with Crippen molar-refractivity contribution >= 4 is 18.0 Å². The summed E-state index contributed by atoms with van der Waals surface area (Å²) in [6.07, 6.45) is 5.32. The van der Waals surface area contributed by atoms with E-state index in [4.69, 9.17) is 18.9 Å². The highest BCUT2D eigenvalue weighted by Crippen LogP contribution is 2.30. The van der Waals surface area contributed by atoms with Gasteiger partial charge in [-0.15, -0.1) is 6.58 Å². The lowest BCUT2D eigenvalue weighted by molar-refractivity contribution is -0.137. The zero-order chi connectivity index (χ0) is 21.9. The number of methoxy groups -OCH3 is 3. The summed E-state index contributed by atoms with van der Waals surface area (Å²) in [6.45, 7) is 3.37. The molecule has 2 rings (SSSR count). The highest BCUT2D eigenvalue weighted by atomic mass is 16.6. The number of rotatable bonds is 10. The van der Waals surface area contributed by atoms with Gasteiger partial charge >= 0.3 is 11.9 Å². The molecule has 0 aliphatic heterocycles. The maximum Gasteiger partial charge on any atom is 0.349 e. The zero-order valence-corrected chi connectivity index (χ0v) is 17.2. The first-order chi connectivity index (χ1) is 14.5. The van der Waals surface area contributed by atoms with Crippen LogP contribution in [-0.2, 0) is 20.7 Å². The fourth-order valence-corrected chi connectivity index (χ4v) is 2.52. The van der Waals surface area contributed by atoms with Crippen molar-refractivity contribution in [2.45, 2.75) is 6.42 Å². The number of carbonyl (C=O) groups is 2. The van der Waals surface area contributed by atoms with E-state index in [1.165, 1.54) is 27.4 Å². The summed E-state index contributed by atoms with van der Waals surface area (Å²) in [7, 11) is 4.28. The quantitative estimate of drug-likeness (QED) is 0.255. The summed E-state index contributed by atoms with van der Waals surface area (Å²) in [6, 6.07) is 10.3. The minimum atomic E-state index is -0.596. The van der Waals surface area contributed by atoms with Crippen molar-refractivity contribution in [3.8, 4) is 23.0 Å². The van der Waals surface area contributed by atoms with Gasteiger partial charge in [0, 0.05) is 6.08 Å². The first-order valence-electron chi connectivity index (χ1n) is 9.06. The molecule has 7 nitrogen and oxygen atoms in total. The summed E-state index contributed by atoms with van der Waals surface area (Å²) < 4.78 is 26.0. The number of hydrogen-bond donors (Lipinski definition) is 0. The Labute approximate surface area is 175 Å². The molecule has 0 fully saturated rings. The first kappa shape index (κ1) is 22.5. The van der Waals surface area contributed by atoms with Crippen molar-refractivity contribution in [1.29, 1.82) is 0 Å². The summed E-state index contributed by atoms with van der Waals surface area (Å²) in [5.74, 6) is 0.446. The summed E-state index contributed by atoms with van der Waals surface area (Å²) in [5.41, 5.74) is 1.69. The predicted molar refractivity (Wildman–Crippen MR) is 112 cm³/mol. The monoisotopic (exact) mass is 412 g/mol. The van der Waals surface area contributed by atoms with Crippen molar-refractivity contribution in [3.63, 3.8) is 0 Å². The van der Waals surface area contributed by atoms with Crippen LogP contribution < -0.4 is 18.9 Å². The Balaban J connectivity index is 2.03. The second-order valence-electron chi connectivity index (χ2n) is 6.01. The van der Waals surface area contributed by atoms with Crippen LogP contribution in [0, 0.1) is 0 Å². The van der Waals surface area contributed by atoms with Gasteiger partial charge < -0.3 is 23.7 Å². The molecule has 0 spiro atoms. The van der Waals surface area contributed by atoms with Gasteiger partial charge in [0.25, 0.3) is 0 Å². The first-order valence-corrected chi connectivity index (χ1v) is 9.06. The third-order valence-corrected chi connectivity index (χ3v) is 3.98. The molecule has 158 valence electrons. The normalized spacial score (nSPS) is 10.4.